The summed E-state index contributed by atoms with van der Waals surface area (Å²) in [5, 5.41) is 12.7. The zero-order valence-corrected chi connectivity index (χ0v) is 7.60. The summed E-state index contributed by atoms with van der Waals surface area (Å²) in [5.41, 5.74) is -0.501. The van der Waals surface area contributed by atoms with Gasteiger partial charge in [0.1, 0.15) is 0 Å². The number of aliphatic hydroxyl groups excluding tert-OH is 1. The molecule has 1 spiro atoms. The van der Waals surface area contributed by atoms with Crippen molar-refractivity contribution >= 4 is 9.84 Å². The zero-order valence-electron chi connectivity index (χ0n) is 6.78. The van der Waals surface area contributed by atoms with Gasteiger partial charge in [-0.2, -0.15) is 0 Å². The van der Waals surface area contributed by atoms with Gasteiger partial charge in [-0.25, -0.2) is 8.42 Å². The Kier molecular flexibility index (Phi) is 1.72. The summed E-state index contributed by atoms with van der Waals surface area (Å²) in [6.07, 6.45) is 0.765. The first kappa shape index (κ1) is 8.47. The van der Waals surface area contributed by atoms with Crippen molar-refractivity contribution in [2.24, 2.45) is 0 Å². The molecule has 0 amide bonds. The third-order valence-corrected chi connectivity index (χ3v) is 4.65. The fourth-order valence-corrected chi connectivity index (χ4v) is 4.17. The van der Waals surface area contributed by atoms with Gasteiger partial charge in [-0.1, -0.05) is 0 Å². The quantitative estimate of drug-likeness (QED) is 0.510. The third-order valence-electron chi connectivity index (χ3n) is 2.87. The highest BCUT2D eigenvalue weighted by atomic mass is 32.2. The van der Waals surface area contributed by atoms with Crippen molar-refractivity contribution in [3.05, 3.63) is 0 Å². The molecule has 0 aromatic heterocycles. The standard InChI is InChI=1S/C7H13NO3S/c9-6-1-3-8-7(6)2-4-12(10,11)5-7/h6,8-9H,1-5H2. The summed E-state index contributed by atoms with van der Waals surface area (Å²) in [6.45, 7) is 0.733. The van der Waals surface area contributed by atoms with Gasteiger partial charge in [0, 0.05) is 0 Å². The van der Waals surface area contributed by atoms with Crippen LogP contribution in [0.5, 0.6) is 0 Å². The molecule has 2 atom stereocenters. The molecular weight excluding hydrogens is 178 g/mol. The highest BCUT2D eigenvalue weighted by Gasteiger charge is 2.49. The van der Waals surface area contributed by atoms with Gasteiger partial charge < -0.3 is 10.4 Å². The highest BCUT2D eigenvalue weighted by molar-refractivity contribution is 7.91. The van der Waals surface area contributed by atoms with Crippen LogP contribution in [0.4, 0.5) is 0 Å². The summed E-state index contributed by atoms with van der Waals surface area (Å²) >= 11 is 0. The molecule has 0 aromatic rings. The predicted octanol–water partition coefficient (Wildman–Crippen LogP) is -1.10. The lowest BCUT2D eigenvalue weighted by Gasteiger charge is -2.25. The molecule has 2 saturated heterocycles. The Hall–Kier alpha value is -0.130. The Morgan fingerprint density at radius 3 is 2.67 bits per heavy atom. The van der Waals surface area contributed by atoms with E-state index in [0.29, 0.717) is 12.8 Å². The number of rotatable bonds is 0. The van der Waals surface area contributed by atoms with Gasteiger partial charge in [-0.15, -0.1) is 0 Å². The molecule has 0 saturated carbocycles. The molecule has 70 valence electrons. The Morgan fingerprint density at radius 1 is 1.50 bits per heavy atom. The summed E-state index contributed by atoms with van der Waals surface area (Å²) < 4.78 is 22.4. The molecule has 2 aliphatic rings. The van der Waals surface area contributed by atoms with Crippen LogP contribution in [0.15, 0.2) is 0 Å². The van der Waals surface area contributed by atoms with Crippen LogP contribution in [0.25, 0.3) is 0 Å². The fourth-order valence-electron chi connectivity index (χ4n) is 2.13. The SMILES string of the molecule is O=S1(=O)CCC2(C1)NCCC2O. The van der Waals surface area contributed by atoms with Crippen molar-refractivity contribution in [1.82, 2.24) is 5.32 Å². The van der Waals surface area contributed by atoms with E-state index in [2.05, 4.69) is 5.32 Å². The molecule has 2 rings (SSSR count). The van der Waals surface area contributed by atoms with E-state index in [1.54, 1.807) is 0 Å². The molecule has 5 heteroatoms. The van der Waals surface area contributed by atoms with Crippen molar-refractivity contribution in [1.29, 1.82) is 0 Å². The van der Waals surface area contributed by atoms with Gasteiger partial charge in [-0.05, 0) is 19.4 Å². The fraction of sp³-hybridized carbons (Fsp3) is 1.00. The summed E-state index contributed by atoms with van der Waals surface area (Å²) in [6, 6.07) is 0. The first-order valence-corrected chi connectivity index (χ1v) is 6.00. The first-order valence-electron chi connectivity index (χ1n) is 4.18. The Balaban J connectivity index is 2.25. The molecule has 0 aromatic carbocycles. The van der Waals surface area contributed by atoms with Crippen molar-refractivity contribution in [3.63, 3.8) is 0 Å². The van der Waals surface area contributed by atoms with E-state index in [4.69, 9.17) is 0 Å². The van der Waals surface area contributed by atoms with E-state index in [0.717, 1.165) is 6.54 Å². The van der Waals surface area contributed by atoms with Gasteiger partial charge in [0.2, 0.25) is 0 Å². The molecule has 2 heterocycles. The molecule has 4 nitrogen and oxygen atoms in total. The van der Waals surface area contributed by atoms with E-state index in [1.807, 2.05) is 0 Å². The average Bonchev–Trinajstić information content (AvgIpc) is 2.43. The second kappa shape index (κ2) is 2.43. The smallest absolute Gasteiger partial charge is 0.152 e. The van der Waals surface area contributed by atoms with Crippen molar-refractivity contribution in [2.75, 3.05) is 18.1 Å². The minimum atomic E-state index is -2.89. The number of nitrogens with one attached hydrogen (secondary N) is 1. The van der Waals surface area contributed by atoms with E-state index in [9.17, 15) is 13.5 Å². The number of hydrogen-bond acceptors (Lipinski definition) is 4. The largest absolute Gasteiger partial charge is 0.391 e. The lowest BCUT2D eigenvalue weighted by atomic mass is 9.94. The molecule has 0 radical (unpaired) electrons. The topological polar surface area (TPSA) is 66.4 Å². The second-order valence-corrected chi connectivity index (χ2v) is 5.91. The zero-order chi connectivity index (χ0) is 8.82. The van der Waals surface area contributed by atoms with Gasteiger partial charge in [0.05, 0.1) is 23.1 Å². The summed E-state index contributed by atoms with van der Waals surface area (Å²) in [7, 11) is -2.89. The van der Waals surface area contributed by atoms with Crippen LogP contribution in [0.2, 0.25) is 0 Å². The minimum absolute atomic E-state index is 0.112. The molecule has 2 unspecified atom stereocenters. The lowest BCUT2D eigenvalue weighted by Crippen LogP contribution is -2.48. The lowest BCUT2D eigenvalue weighted by molar-refractivity contribution is 0.112. The van der Waals surface area contributed by atoms with Gasteiger partial charge in [0.15, 0.2) is 9.84 Å². The van der Waals surface area contributed by atoms with E-state index in [-0.39, 0.29) is 11.5 Å². The minimum Gasteiger partial charge on any atom is -0.391 e. The Bertz CT molecular complexity index is 287. The van der Waals surface area contributed by atoms with Crippen LogP contribution >= 0.6 is 0 Å². The van der Waals surface area contributed by atoms with E-state index < -0.39 is 21.5 Å². The summed E-state index contributed by atoms with van der Waals surface area (Å²) in [4.78, 5) is 0. The molecule has 2 fully saturated rings. The maximum absolute atomic E-state index is 11.2. The molecule has 2 N–H and O–H groups in total. The number of sulfone groups is 1. The molecule has 0 bridgehead atoms. The maximum atomic E-state index is 11.2. The Morgan fingerprint density at radius 2 is 2.25 bits per heavy atom. The van der Waals surface area contributed by atoms with Crippen LogP contribution in [0.3, 0.4) is 0 Å². The van der Waals surface area contributed by atoms with Crippen molar-refractivity contribution < 1.29 is 13.5 Å². The van der Waals surface area contributed by atoms with Crippen molar-refractivity contribution in [3.8, 4) is 0 Å². The first-order chi connectivity index (χ1) is 5.54. The van der Waals surface area contributed by atoms with Crippen LogP contribution in [0.1, 0.15) is 12.8 Å². The van der Waals surface area contributed by atoms with Gasteiger partial charge in [0.25, 0.3) is 0 Å². The second-order valence-electron chi connectivity index (χ2n) is 3.73. The van der Waals surface area contributed by atoms with Gasteiger partial charge in [-0.3, -0.25) is 0 Å². The number of aliphatic hydroxyl groups is 1. The molecule has 0 aliphatic carbocycles. The molecule has 12 heavy (non-hydrogen) atoms. The van der Waals surface area contributed by atoms with E-state index in [1.165, 1.54) is 0 Å². The summed E-state index contributed by atoms with van der Waals surface area (Å²) in [5.74, 6) is 0.332. The maximum Gasteiger partial charge on any atom is 0.152 e. The molecule has 2 aliphatic heterocycles. The number of hydrogen-bond donors (Lipinski definition) is 2. The molecular formula is C7H13NO3S. The third kappa shape index (κ3) is 1.16. The van der Waals surface area contributed by atoms with Crippen LogP contribution in [-0.2, 0) is 9.84 Å². The predicted molar refractivity (Wildman–Crippen MR) is 44.6 cm³/mol. The monoisotopic (exact) mass is 191 g/mol. The van der Waals surface area contributed by atoms with Gasteiger partial charge >= 0.3 is 0 Å². The van der Waals surface area contributed by atoms with Crippen LogP contribution < -0.4 is 5.32 Å². The average molecular weight is 191 g/mol. The van der Waals surface area contributed by atoms with Crippen LogP contribution in [0, 0.1) is 0 Å². The van der Waals surface area contributed by atoms with E-state index >= 15 is 0 Å². The van der Waals surface area contributed by atoms with Crippen LogP contribution in [-0.4, -0.2) is 43.2 Å². The Labute approximate surface area is 71.9 Å². The highest BCUT2D eigenvalue weighted by Crippen LogP contribution is 2.31. The van der Waals surface area contributed by atoms with Crippen molar-refractivity contribution in [2.45, 2.75) is 24.5 Å². The normalized spacial score (nSPS) is 45.6.